The number of hydrogen-bond donors (Lipinski definition) is 0. The average molecular weight is 309 g/mol. The van der Waals surface area contributed by atoms with E-state index in [1.54, 1.807) is 0 Å². The summed E-state index contributed by atoms with van der Waals surface area (Å²) in [5, 5.41) is 0. The van der Waals surface area contributed by atoms with Gasteiger partial charge in [-0.25, -0.2) is 9.97 Å². The van der Waals surface area contributed by atoms with Gasteiger partial charge >= 0.3 is 0 Å². The molecule has 2 aromatic rings. The Labute approximate surface area is 116 Å². The van der Waals surface area contributed by atoms with Gasteiger partial charge in [0, 0.05) is 43.2 Å². The molecule has 0 aliphatic heterocycles. The first-order chi connectivity index (χ1) is 8.66. The van der Waals surface area contributed by atoms with Gasteiger partial charge in [-0.1, -0.05) is 0 Å². The van der Waals surface area contributed by atoms with E-state index >= 15 is 0 Å². The van der Waals surface area contributed by atoms with Crippen LogP contribution in [0.25, 0.3) is 0 Å². The van der Waals surface area contributed by atoms with E-state index in [-0.39, 0.29) is 0 Å². The van der Waals surface area contributed by atoms with Crippen LogP contribution in [0, 0.1) is 6.92 Å². The van der Waals surface area contributed by atoms with E-state index in [1.807, 2.05) is 24.9 Å². The zero-order chi connectivity index (χ0) is 13.0. The molecule has 0 unspecified atom stereocenters. The van der Waals surface area contributed by atoms with Crippen molar-refractivity contribution in [3.05, 3.63) is 41.0 Å². The van der Waals surface area contributed by atoms with Crippen LogP contribution >= 0.6 is 15.9 Å². The number of aryl methyl sites for hydroxylation is 2. The maximum atomic E-state index is 4.41. The molecular weight excluding hydrogens is 292 g/mol. The Bertz CT molecular complexity index is 496. The summed E-state index contributed by atoms with van der Waals surface area (Å²) in [5.74, 6) is 1.02. The Morgan fingerprint density at radius 3 is 2.94 bits per heavy atom. The highest BCUT2D eigenvalue weighted by atomic mass is 79.9. The van der Waals surface area contributed by atoms with Crippen molar-refractivity contribution in [2.45, 2.75) is 19.9 Å². The quantitative estimate of drug-likeness (QED) is 0.851. The lowest BCUT2D eigenvalue weighted by Gasteiger charge is -2.18. The smallest absolute Gasteiger partial charge is 0.128 e. The Balaban J connectivity index is 1.87. The number of imidazole rings is 1. The number of halogens is 1. The molecule has 4 nitrogen and oxygen atoms in total. The first-order valence-corrected chi connectivity index (χ1v) is 6.75. The molecule has 0 saturated heterocycles. The summed E-state index contributed by atoms with van der Waals surface area (Å²) in [6.45, 7) is 4.04. The molecule has 0 aliphatic carbocycles. The van der Waals surface area contributed by atoms with Crippen LogP contribution in [0.2, 0.25) is 0 Å². The molecule has 0 bridgehead atoms. The number of hydrogen-bond acceptors (Lipinski definition) is 3. The van der Waals surface area contributed by atoms with Gasteiger partial charge in [0.1, 0.15) is 5.82 Å². The van der Waals surface area contributed by atoms with Crippen LogP contribution in [0.15, 0.2) is 35.5 Å². The fourth-order valence-electron chi connectivity index (χ4n) is 1.76. The molecular formula is C13H17BrN4. The van der Waals surface area contributed by atoms with Crippen LogP contribution in [-0.2, 0) is 6.54 Å². The van der Waals surface area contributed by atoms with Crippen molar-refractivity contribution in [2.24, 2.45) is 0 Å². The van der Waals surface area contributed by atoms with Crippen LogP contribution < -0.4 is 4.90 Å². The van der Waals surface area contributed by atoms with Gasteiger partial charge in [-0.15, -0.1) is 0 Å². The minimum absolute atomic E-state index is 0.978. The molecule has 0 amide bonds. The summed E-state index contributed by atoms with van der Waals surface area (Å²) in [4.78, 5) is 10.6. The molecule has 18 heavy (non-hydrogen) atoms. The maximum Gasteiger partial charge on any atom is 0.128 e. The number of aromatic nitrogens is 3. The Kier molecular flexibility index (Phi) is 4.36. The second-order valence-electron chi connectivity index (χ2n) is 4.37. The highest BCUT2D eigenvalue weighted by Gasteiger charge is 2.04. The monoisotopic (exact) mass is 308 g/mol. The van der Waals surface area contributed by atoms with Crippen molar-refractivity contribution in [3.8, 4) is 0 Å². The van der Waals surface area contributed by atoms with E-state index in [0.717, 1.165) is 29.8 Å². The summed E-state index contributed by atoms with van der Waals surface area (Å²) < 4.78 is 3.15. The molecule has 0 spiro atoms. The van der Waals surface area contributed by atoms with E-state index < -0.39 is 0 Å². The summed E-state index contributed by atoms with van der Waals surface area (Å²) in [6, 6.07) is 2.10. The van der Waals surface area contributed by atoms with Crippen molar-refractivity contribution >= 4 is 21.7 Å². The third kappa shape index (κ3) is 3.32. The van der Waals surface area contributed by atoms with Crippen LogP contribution in [-0.4, -0.2) is 28.1 Å². The van der Waals surface area contributed by atoms with Crippen molar-refractivity contribution in [3.63, 3.8) is 0 Å². The van der Waals surface area contributed by atoms with Gasteiger partial charge in [-0.05, 0) is 40.9 Å². The van der Waals surface area contributed by atoms with Crippen LogP contribution in [0.5, 0.6) is 0 Å². The third-order valence-electron chi connectivity index (χ3n) is 2.89. The van der Waals surface area contributed by atoms with Crippen molar-refractivity contribution in [2.75, 3.05) is 18.5 Å². The minimum Gasteiger partial charge on any atom is -0.360 e. The summed E-state index contributed by atoms with van der Waals surface area (Å²) in [7, 11) is 2.07. The predicted molar refractivity (Wildman–Crippen MR) is 76.8 cm³/mol. The number of rotatable bonds is 5. The van der Waals surface area contributed by atoms with Crippen LogP contribution in [0.4, 0.5) is 5.82 Å². The normalized spacial score (nSPS) is 10.6. The topological polar surface area (TPSA) is 34.0 Å². The number of nitrogens with zero attached hydrogens (tertiary/aromatic N) is 4. The molecule has 0 aliphatic rings. The van der Waals surface area contributed by atoms with E-state index in [2.05, 4.69) is 55.4 Å². The lowest BCUT2D eigenvalue weighted by atomic mass is 10.3. The molecule has 96 valence electrons. The van der Waals surface area contributed by atoms with E-state index in [4.69, 9.17) is 0 Å². The third-order valence-corrected chi connectivity index (χ3v) is 3.72. The standard InChI is InChI=1S/C13H17BrN4/c1-11-8-13(16-9-12(11)14)17(2)5-3-6-18-7-4-15-10-18/h4,7-10H,3,5-6H2,1-2H3. The largest absolute Gasteiger partial charge is 0.360 e. The molecule has 0 fully saturated rings. The highest BCUT2D eigenvalue weighted by Crippen LogP contribution is 2.19. The number of anilines is 1. The maximum absolute atomic E-state index is 4.41. The average Bonchev–Trinajstić information content (AvgIpc) is 2.85. The van der Waals surface area contributed by atoms with Gasteiger partial charge < -0.3 is 9.47 Å². The van der Waals surface area contributed by atoms with E-state index in [0.29, 0.717) is 0 Å². The Morgan fingerprint density at radius 1 is 1.44 bits per heavy atom. The van der Waals surface area contributed by atoms with Crippen molar-refractivity contribution in [1.82, 2.24) is 14.5 Å². The molecule has 0 atom stereocenters. The van der Waals surface area contributed by atoms with Gasteiger partial charge in [-0.2, -0.15) is 0 Å². The summed E-state index contributed by atoms with van der Waals surface area (Å²) >= 11 is 3.47. The van der Waals surface area contributed by atoms with E-state index in [9.17, 15) is 0 Å². The predicted octanol–water partition coefficient (Wildman–Crippen LogP) is 2.88. The van der Waals surface area contributed by atoms with Crippen molar-refractivity contribution in [1.29, 1.82) is 0 Å². The van der Waals surface area contributed by atoms with Crippen LogP contribution in [0.1, 0.15) is 12.0 Å². The molecule has 0 radical (unpaired) electrons. The zero-order valence-corrected chi connectivity index (χ0v) is 12.3. The first kappa shape index (κ1) is 13.1. The highest BCUT2D eigenvalue weighted by molar-refractivity contribution is 9.10. The summed E-state index contributed by atoms with van der Waals surface area (Å²) in [6.07, 6.45) is 8.58. The van der Waals surface area contributed by atoms with Gasteiger partial charge in [0.15, 0.2) is 0 Å². The second kappa shape index (κ2) is 6.00. The Hall–Kier alpha value is -1.36. The molecule has 0 N–H and O–H groups in total. The van der Waals surface area contributed by atoms with Crippen LogP contribution in [0.3, 0.4) is 0 Å². The fourth-order valence-corrected chi connectivity index (χ4v) is 1.97. The minimum atomic E-state index is 0.978. The molecule has 2 rings (SSSR count). The van der Waals surface area contributed by atoms with Gasteiger partial charge in [0.05, 0.1) is 6.33 Å². The number of pyridine rings is 1. The molecule has 0 aromatic carbocycles. The summed E-state index contributed by atoms with van der Waals surface area (Å²) in [5.41, 5.74) is 1.21. The first-order valence-electron chi connectivity index (χ1n) is 5.96. The lowest BCUT2D eigenvalue weighted by molar-refractivity contribution is 0.635. The Morgan fingerprint density at radius 2 is 2.28 bits per heavy atom. The zero-order valence-electron chi connectivity index (χ0n) is 10.7. The van der Waals surface area contributed by atoms with Gasteiger partial charge in [0.25, 0.3) is 0 Å². The molecule has 2 heterocycles. The lowest BCUT2D eigenvalue weighted by Crippen LogP contribution is -2.20. The molecule has 0 saturated carbocycles. The SMILES string of the molecule is Cc1cc(N(C)CCCn2ccnc2)ncc1Br. The van der Waals surface area contributed by atoms with Crippen molar-refractivity contribution < 1.29 is 0 Å². The van der Waals surface area contributed by atoms with Gasteiger partial charge in [0.2, 0.25) is 0 Å². The van der Waals surface area contributed by atoms with Gasteiger partial charge in [-0.3, -0.25) is 0 Å². The fraction of sp³-hybridized carbons (Fsp3) is 0.385. The van der Waals surface area contributed by atoms with E-state index in [1.165, 1.54) is 5.56 Å². The molecule has 2 aromatic heterocycles. The molecule has 5 heteroatoms. The second-order valence-corrected chi connectivity index (χ2v) is 5.22.